The van der Waals surface area contributed by atoms with Gasteiger partial charge in [-0.25, -0.2) is 0 Å². The van der Waals surface area contributed by atoms with Crippen molar-refractivity contribution in [1.82, 2.24) is 14.7 Å². The second-order valence-electron chi connectivity index (χ2n) is 4.56. The molecule has 1 heterocycles. The van der Waals surface area contributed by atoms with Gasteiger partial charge >= 0.3 is 5.97 Å². The zero-order chi connectivity index (χ0) is 13.0. The van der Waals surface area contributed by atoms with Crippen molar-refractivity contribution in [3.8, 4) is 0 Å². The molecular weight excluding hydrogens is 234 g/mol. The number of aliphatic carboxylic acids is 1. The minimum absolute atomic E-state index is 0.0733. The Morgan fingerprint density at radius 3 is 2.67 bits per heavy atom. The van der Waals surface area contributed by atoms with Crippen molar-refractivity contribution < 1.29 is 14.7 Å². The Bertz CT molecular complexity index is 410. The maximum atomic E-state index is 12.1. The quantitative estimate of drug-likeness (QED) is 0.837. The van der Waals surface area contributed by atoms with E-state index in [-0.39, 0.29) is 25.0 Å². The molecule has 0 spiro atoms. The van der Waals surface area contributed by atoms with Crippen molar-refractivity contribution in [2.24, 2.45) is 0 Å². The number of carboxylic acid groups (broad SMARTS) is 1. The number of carbonyl (C=O) groups is 2. The summed E-state index contributed by atoms with van der Waals surface area (Å²) in [7, 11) is 0. The van der Waals surface area contributed by atoms with Gasteiger partial charge in [-0.1, -0.05) is 12.8 Å². The van der Waals surface area contributed by atoms with Crippen molar-refractivity contribution in [2.45, 2.75) is 38.3 Å². The van der Waals surface area contributed by atoms with Gasteiger partial charge < -0.3 is 10.0 Å². The monoisotopic (exact) mass is 251 g/mol. The summed E-state index contributed by atoms with van der Waals surface area (Å²) < 4.78 is 1.52. The predicted octanol–water partition coefficient (Wildman–Crippen LogP) is 0.739. The Hall–Kier alpha value is -1.85. The van der Waals surface area contributed by atoms with Gasteiger partial charge in [0.05, 0.1) is 0 Å². The summed E-state index contributed by atoms with van der Waals surface area (Å²) in [6.07, 6.45) is 7.23. The van der Waals surface area contributed by atoms with Crippen LogP contribution in [0.25, 0.3) is 0 Å². The molecule has 0 bridgehead atoms. The molecule has 1 amide bonds. The fourth-order valence-electron chi connectivity index (χ4n) is 2.41. The second-order valence-corrected chi connectivity index (χ2v) is 4.56. The number of rotatable bonds is 5. The molecule has 0 aromatic carbocycles. The van der Waals surface area contributed by atoms with Crippen LogP contribution in [0.2, 0.25) is 0 Å². The average molecular weight is 251 g/mol. The van der Waals surface area contributed by atoms with Crippen molar-refractivity contribution >= 4 is 11.9 Å². The Kier molecular flexibility index (Phi) is 3.96. The molecule has 0 atom stereocenters. The lowest BCUT2D eigenvalue weighted by Crippen LogP contribution is -2.43. The summed E-state index contributed by atoms with van der Waals surface area (Å²) in [6.45, 7) is -0.110. The maximum Gasteiger partial charge on any atom is 0.323 e. The molecule has 1 saturated carbocycles. The number of hydrogen-bond acceptors (Lipinski definition) is 3. The van der Waals surface area contributed by atoms with E-state index in [4.69, 9.17) is 5.11 Å². The molecule has 6 nitrogen and oxygen atoms in total. The van der Waals surface area contributed by atoms with Crippen molar-refractivity contribution in [3.63, 3.8) is 0 Å². The highest BCUT2D eigenvalue weighted by Crippen LogP contribution is 2.23. The van der Waals surface area contributed by atoms with E-state index in [2.05, 4.69) is 5.10 Å². The van der Waals surface area contributed by atoms with Gasteiger partial charge in [0.25, 0.3) is 0 Å². The van der Waals surface area contributed by atoms with Crippen molar-refractivity contribution in [2.75, 3.05) is 6.54 Å². The van der Waals surface area contributed by atoms with Gasteiger partial charge in [-0.2, -0.15) is 5.10 Å². The summed E-state index contributed by atoms with van der Waals surface area (Å²) in [6, 6.07) is 1.81. The van der Waals surface area contributed by atoms with Crippen molar-refractivity contribution in [3.05, 3.63) is 18.5 Å². The van der Waals surface area contributed by atoms with Crippen LogP contribution < -0.4 is 0 Å². The molecule has 1 aromatic heterocycles. The van der Waals surface area contributed by atoms with Gasteiger partial charge in [0.1, 0.15) is 13.1 Å². The molecule has 2 rings (SSSR count). The van der Waals surface area contributed by atoms with Gasteiger partial charge in [-0.15, -0.1) is 0 Å². The van der Waals surface area contributed by atoms with Crippen LogP contribution in [0.3, 0.4) is 0 Å². The number of carboxylic acids is 1. The number of nitrogens with zero attached hydrogens (tertiary/aromatic N) is 3. The SMILES string of the molecule is O=C(O)CN(C(=O)Cn1cccn1)C1CCCC1. The fraction of sp³-hybridized carbons (Fsp3) is 0.583. The minimum Gasteiger partial charge on any atom is -0.480 e. The van der Waals surface area contributed by atoms with Gasteiger partial charge in [0.15, 0.2) is 0 Å². The van der Waals surface area contributed by atoms with E-state index in [1.54, 1.807) is 18.5 Å². The van der Waals surface area contributed by atoms with E-state index < -0.39 is 5.97 Å². The van der Waals surface area contributed by atoms with E-state index in [0.717, 1.165) is 25.7 Å². The fourth-order valence-corrected chi connectivity index (χ4v) is 2.41. The largest absolute Gasteiger partial charge is 0.480 e. The first-order valence-electron chi connectivity index (χ1n) is 6.15. The zero-order valence-electron chi connectivity index (χ0n) is 10.2. The second kappa shape index (κ2) is 5.66. The van der Waals surface area contributed by atoms with Crippen LogP contribution in [-0.4, -0.2) is 44.3 Å². The molecule has 0 unspecified atom stereocenters. The molecule has 18 heavy (non-hydrogen) atoms. The molecule has 1 N–H and O–H groups in total. The number of carbonyl (C=O) groups excluding carboxylic acids is 1. The highest BCUT2D eigenvalue weighted by atomic mass is 16.4. The van der Waals surface area contributed by atoms with Crippen LogP contribution in [-0.2, 0) is 16.1 Å². The predicted molar refractivity (Wildman–Crippen MR) is 63.8 cm³/mol. The molecule has 1 aliphatic rings. The van der Waals surface area contributed by atoms with E-state index in [1.165, 1.54) is 9.58 Å². The van der Waals surface area contributed by atoms with Crippen LogP contribution in [0.5, 0.6) is 0 Å². The molecular formula is C12H17N3O3. The topological polar surface area (TPSA) is 75.4 Å². The Labute approximate surface area is 105 Å². The molecule has 6 heteroatoms. The first kappa shape index (κ1) is 12.6. The molecule has 1 aromatic rings. The average Bonchev–Trinajstić information content (AvgIpc) is 2.97. The van der Waals surface area contributed by atoms with E-state index in [0.29, 0.717) is 0 Å². The zero-order valence-corrected chi connectivity index (χ0v) is 10.2. The van der Waals surface area contributed by atoms with Gasteiger partial charge in [-0.05, 0) is 18.9 Å². The smallest absolute Gasteiger partial charge is 0.323 e. The molecule has 0 saturated heterocycles. The number of amides is 1. The molecule has 0 aliphatic heterocycles. The third-order valence-corrected chi connectivity index (χ3v) is 3.25. The van der Waals surface area contributed by atoms with Gasteiger partial charge in [0, 0.05) is 18.4 Å². The standard InChI is InChI=1S/C12H17N3O3/c16-11(8-14-7-3-6-13-14)15(9-12(17)18)10-4-1-2-5-10/h3,6-7,10H,1-2,4-5,8-9H2,(H,17,18). The summed E-state index contributed by atoms with van der Waals surface area (Å²) in [5.41, 5.74) is 0. The van der Waals surface area contributed by atoms with E-state index in [9.17, 15) is 9.59 Å². The minimum atomic E-state index is -0.962. The lowest BCUT2D eigenvalue weighted by Gasteiger charge is -2.27. The molecule has 1 fully saturated rings. The Morgan fingerprint density at radius 2 is 2.11 bits per heavy atom. The highest BCUT2D eigenvalue weighted by Gasteiger charge is 2.28. The number of aromatic nitrogens is 2. The van der Waals surface area contributed by atoms with Crippen LogP contribution >= 0.6 is 0 Å². The third-order valence-electron chi connectivity index (χ3n) is 3.25. The summed E-state index contributed by atoms with van der Waals surface area (Å²) in [4.78, 5) is 24.5. The van der Waals surface area contributed by atoms with Crippen LogP contribution in [0.4, 0.5) is 0 Å². The normalized spacial score (nSPS) is 15.8. The van der Waals surface area contributed by atoms with E-state index in [1.807, 2.05) is 0 Å². The first-order valence-corrected chi connectivity index (χ1v) is 6.15. The maximum absolute atomic E-state index is 12.1. The molecule has 0 radical (unpaired) electrons. The lowest BCUT2D eigenvalue weighted by molar-refractivity contribution is -0.146. The van der Waals surface area contributed by atoms with Crippen LogP contribution in [0.15, 0.2) is 18.5 Å². The molecule has 98 valence electrons. The van der Waals surface area contributed by atoms with Gasteiger partial charge in [0.2, 0.25) is 5.91 Å². The first-order chi connectivity index (χ1) is 8.66. The summed E-state index contributed by atoms with van der Waals surface area (Å²) in [5.74, 6) is -1.14. The van der Waals surface area contributed by atoms with Gasteiger partial charge in [-0.3, -0.25) is 14.3 Å². The lowest BCUT2D eigenvalue weighted by atomic mass is 10.2. The Morgan fingerprint density at radius 1 is 1.39 bits per heavy atom. The summed E-state index contributed by atoms with van der Waals surface area (Å²) in [5, 5.41) is 12.9. The summed E-state index contributed by atoms with van der Waals surface area (Å²) >= 11 is 0. The van der Waals surface area contributed by atoms with Crippen LogP contribution in [0.1, 0.15) is 25.7 Å². The van der Waals surface area contributed by atoms with Crippen molar-refractivity contribution in [1.29, 1.82) is 0 Å². The highest BCUT2D eigenvalue weighted by molar-refractivity contribution is 5.81. The number of hydrogen-bond donors (Lipinski definition) is 1. The molecule has 1 aliphatic carbocycles. The van der Waals surface area contributed by atoms with E-state index >= 15 is 0 Å². The third kappa shape index (κ3) is 3.09. The Balaban J connectivity index is 2.02. The van der Waals surface area contributed by atoms with Crippen LogP contribution in [0, 0.1) is 0 Å².